The number of rotatable bonds is 6. The molecule has 0 radical (unpaired) electrons. The fraction of sp³-hybridized carbons (Fsp3) is 0.643. The van der Waals surface area contributed by atoms with Crippen molar-refractivity contribution in [2.75, 3.05) is 25.5 Å². The summed E-state index contributed by atoms with van der Waals surface area (Å²) in [5.41, 5.74) is 0.835. The Kier molecular flexibility index (Phi) is 4.03. The Morgan fingerprint density at radius 3 is 2.86 bits per heavy atom. The van der Waals surface area contributed by atoms with E-state index in [1.54, 1.807) is 10.9 Å². The third-order valence-corrected chi connectivity index (χ3v) is 4.20. The first-order chi connectivity index (χ1) is 10.2. The second-order valence-corrected chi connectivity index (χ2v) is 5.52. The molecule has 0 unspecified atom stereocenters. The zero-order valence-corrected chi connectivity index (χ0v) is 12.6. The lowest BCUT2D eigenvalue weighted by molar-refractivity contribution is 0.0921. The Labute approximate surface area is 124 Å². The van der Waals surface area contributed by atoms with E-state index in [0.717, 1.165) is 22.7 Å². The van der Waals surface area contributed by atoms with Crippen molar-refractivity contribution in [2.45, 2.75) is 31.8 Å². The molecule has 1 aliphatic carbocycles. The molecule has 3 rings (SSSR count). The van der Waals surface area contributed by atoms with Gasteiger partial charge in [-0.15, -0.1) is 0 Å². The summed E-state index contributed by atoms with van der Waals surface area (Å²) in [6.07, 6.45) is 5.46. The fourth-order valence-electron chi connectivity index (χ4n) is 2.78. The highest BCUT2D eigenvalue weighted by molar-refractivity contribution is 5.86. The number of aliphatic hydroxyl groups excluding tert-OH is 1. The molecule has 2 aromatic heterocycles. The van der Waals surface area contributed by atoms with Crippen LogP contribution in [0.25, 0.3) is 11.0 Å². The van der Waals surface area contributed by atoms with Gasteiger partial charge in [-0.3, -0.25) is 9.58 Å². The van der Waals surface area contributed by atoms with Crippen LogP contribution in [0.5, 0.6) is 0 Å². The Morgan fingerprint density at radius 2 is 2.24 bits per heavy atom. The number of aliphatic hydroxyl groups is 1. The fourth-order valence-corrected chi connectivity index (χ4v) is 2.78. The van der Waals surface area contributed by atoms with Gasteiger partial charge in [0.05, 0.1) is 24.7 Å². The maximum atomic E-state index is 9.26. The first-order valence-electron chi connectivity index (χ1n) is 7.44. The van der Waals surface area contributed by atoms with Crippen molar-refractivity contribution in [3.8, 4) is 0 Å². The van der Waals surface area contributed by atoms with E-state index in [0.29, 0.717) is 19.1 Å². The van der Waals surface area contributed by atoms with E-state index in [9.17, 15) is 5.11 Å². The van der Waals surface area contributed by atoms with Gasteiger partial charge in [0, 0.05) is 26.7 Å². The molecule has 2 aromatic rings. The molecule has 0 bridgehead atoms. The van der Waals surface area contributed by atoms with Crippen molar-refractivity contribution in [1.29, 1.82) is 0 Å². The van der Waals surface area contributed by atoms with Crippen LogP contribution < -0.4 is 5.32 Å². The Hall–Kier alpha value is -1.73. The second kappa shape index (κ2) is 5.95. The summed E-state index contributed by atoms with van der Waals surface area (Å²) >= 11 is 0. The Morgan fingerprint density at radius 1 is 1.43 bits per heavy atom. The molecular weight excluding hydrogens is 268 g/mol. The summed E-state index contributed by atoms with van der Waals surface area (Å²) in [6.45, 7) is 1.51. The van der Waals surface area contributed by atoms with Gasteiger partial charge in [0.2, 0.25) is 0 Å². The van der Waals surface area contributed by atoms with Crippen molar-refractivity contribution in [3.05, 3.63) is 12.0 Å². The van der Waals surface area contributed by atoms with Crippen LogP contribution in [-0.4, -0.2) is 56.0 Å². The van der Waals surface area contributed by atoms with E-state index in [4.69, 9.17) is 0 Å². The van der Waals surface area contributed by atoms with Crippen molar-refractivity contribution < 1.29 is 5.11 Å². The molecule has 0 spiro atoms. The van der Waals surface area contributed by atoms with E-state index in [-0.39, 0.29) is 6.61 Å². The van der Waals surface area contributed by atoms with E-state index >= 15 is 0 Å². The monoisotopic (exact) mass is 290 g/mol. The third-order valence-electron chi connectivity index (χ3n) is 4.20. The van der Waals surface area contributed by atoms with Gasteiger partial charge in [0.25, 0.3) is 0 Å². The summed E-state index contributed by atoms with van der Waals surface area (Å²) in [5, 5.41) is 17.5. The number of hydrogen-bond donors (Lipinski definition) is 2. The second-order valence-electron chi connectivity index (χ2n) is 5.52. The zero-order valence-electron chi connectivity index (χ0n) is 12.6. The van der Waals surface area contributed by atoms with Crippen LogP contribution >= 0.6 is 0 Å². The van der Waals surface area contributed by atoms with Gasteiger partial charge in [-0.2, -0.15) is 5.10 Å². The van der Waals surface area contributed by atoms with E-state index in [1.807, 2.05) is 14.1 Å². The molecule has 7 heteroatoms. The van der Waals surface area contributed by atoms with Crippen LogP contribution in [0.4, 0.5) is 5.82 Å². The first-order valence-corrected chi connectivity index (χ1v) is 7.44. The molecular formula is C14H22N6O. The maximum Gasteiger partial charge on any atom is 0.163 e. The molecule has 0 saturated heterocycles. The number of nitrogens with zero attached hydrogens (tertiary/aromatic N) is 5. The molecule has 7 nitrogen and oxygen atoms in total. The third kappa shape index (κ3) is 2.71. The number of nitrogens with one attached hydrogen (secondary N) is 1. The van der Waals surface area contributed by atoms with Crippen LogP contribution in [0.3, 0.4) is 0 Å². The highest BCUT2D eigenvalue weighted by Gasteiger charge is 2.25. The van der Waals surface area contributed by atoms with Crippen LogP contribution in [0.15, 0.2) is 6.20 Å². The summed E-state index contributed by atoms with van der Waals surface area (Å²) < 4.78 is 1.76. The maximum absolute atomic E-state index is 9.26. The summed E-state index contributed by atoms with van der Waals surface area (Å²) in [4.78, 5) is 11.5. The molecule has 2 heterocycles. The first kappa shape index (κ1) is 14.2. The molecule has 0 aliphatic heterocycles. The topological polar surface area (TPSA) is 79.1 Å². The number of anilines is 1. The lowest BCUT2D eigenvalue weighted by Gasteiger charge is -2.36. The van der Waals surface area contributed by atoms with Crippen molar-refractivity contribution in [3.63, 3.8) is 0 Å². The molecule has 1 aliphatic rings. The van der Waals surface area contributed by atoms with E-state index < -0.39 is 0 Å². The molecule has 1 saturated carbocycles. The Bertz CT molecular complexity index is 621. The van der Waals surface area contributed by atoms with Gasteiger partial charge in [0.15, 0.2) is 5.65 Å². The Balaban J connectivity index is 1.89. The van der Waals surface area contributed by atoms with E-state index in [1.165, 1.54) is 19.3 Å². The molecule has 0 aromatic carbocycles. The predicted octanol–water partition coefficient (Wildman–Crippen LogP) is 0.752. The quantitative estimate of drug-likeness (QED) is 0.817. The lowest BCUT2D eigenvalue weighted by atomic mass is 9.91. The smallest absolute Gasteiger partial charge is 0.163 e. The van der Waals surface area contributed by atoms with Crippen LogP contribution in [0.1, 0.15) is 25.1 Å². The van der Waals surface area contributed by atoms with Gasteiger partial charge in [-0.05, 0) is 12.8 Å². The SMILES string of the molecule is CNc1nc(CN(CCO)C2CCC2)nc2c1cnn2C. The van der Waals surface area contributed by atoms with Gasteiger partial charge in [-0.1, -0.05) is 6.42 Å². The van der Waals surface area contributed by atoms with Crippen molar-refractivity contribution >= 4 is 16.9 Å². The van der Waals surface area contributed by atoms with Crippen molar-refractivity contribution in [1.82, 2.24) is 24.6 Å². The van der Waals surface area contributed by atoms with Gasteiger partial charge >= 0.3 is 0 Å². The molecule has 1 fully saturated rings. The minimum atomic E-state index is 0.170. The van der Waals surface area contributed by atoms with Gasteiger partial charge in [-0.25, -0.2) is 9.97 Å². The van der Waals surface area contributed by atoms with E-state index in [2.05, 4.69) is 25.3 Å². The predicted molar refractivity (Wildman–Crippen MR) is 81.0 cm³/mol. The summed E-state index contributed by atoms with van der Waals surface area (Å²) in [7, 11) is 3.74. The van der Waals surface area contributed by atoms with Gasteiger partial charge < -0.3 is 10.4 Å². The van der Waals surface area contributed by atoms with Crippen molar-refractivity contribution in [2.24, 2.45) is 7.05 Å². The number of fused-ring (bicyclic) bond motifs is 1. The largest absolute Gasteiger partial charge is 0.395 e. The highest BCUT2D eigenvalue weighted by atomic mass is 16.3. The van der Waals surface area contributed by atoms with Crippen LogP contribution in [-0.2, 0) is 13.6 Å². The standard InChI is InChI=1S/C14H22N6O/c1-15-13-11-8-16-19(2)14(11)18-12(17-13)9-20(6-7-21)10-4-3-5-10/h8,10,21H,3-7,9H2,1-2H3,(H,15,17,18). The number of aromatic nitrogens is 4. The zero-order chi connectivity index (χ0) is 14.8. The lowest BCUT2D eigenvalue weighted by Crippen LogP contribution is -2.41. The number of aryl methyl sites for hydroxylation is 1. The minimum absolute atomic E-state index is 0.170. The van der Waals surface area contributed by atoms with Crippen LogP contribution in [0.2, 0.25) is 0 Å². The molecule has 21 heavy (non-hydrogen) atoms. The van der Waals surface area contributed by atoms with Gasteiger partial charge in [0.1, 0.15) is 11.6 Å². The molecule has 0 amide bonds. The van der Waals surface area contributed by atoms with Crippen LogP contribution in [0, 0.1) is 0 Å². The minimum Gasteiger partial charge on any atom is -0.395 e. The summed E-state index contributed by atoms with van der Waals surface area (Å²) in [6, 6.07) is 0.556. The molecule has 114 valence electrons. The average Bonchev–Trinajstić information content (AvgIpc) is 2.78. The highest BCUT2D eigenvalue weighted by Crippen LogP contribution is 2.26. The molecule has 0 atom stereocenters. The number of hydrogen-bond acceptors (Lipinski definition) is 6. The molecule has 2 N–H and O–H groups in total. The average molecular weight is 290 g/mol. The normalized spacial score (nSPS) is 15.6. The summed E-state index contributed by atoms with van der Waals surface area (Å²) in [5.74, 6) is 1.58.